The summed E-state index contributed by atoms with van der Waals surface area (Å²) in [6, 6.07) is 13.7. The number of fused-ring (bicyclic) bond motifs is 3. The zero-order valence-electron chi connectivity index (χ0n) is 18.9. The zero-order chi connectivity index (χ0) is 23.8. The maximum Gasteiger partial charge on any atom is 0.261 e. The summed E-state index contributed by atoms with van der Waals surface area (Å²) in [7, 11) is 0. The van der Waals surface area contributed by atoms with E-state index in [1.807, 2.05) is 30.3 Å². The Morgan fingerprint density at radius 2 is 1.86 bits per heavy atom. The molecule has 1 saturated heterocycles. The molecule has 8 heteroatoms. The van der Waals surface area contributed by atoms with Gasteiger partial charge in [0.05, 0.1) is 47.9 Å². The minimum atomic E-state index is -0.744. The van der Waals surface area contributed by atoms with Crippen molar-refractivity contribution in [1.82, 2.24) is 24.5 Å². The molecule has 1 aliphatic rings. The van der Waals surface area contributed by atoms with Crippen molar-refractivity contribution in [3.8, 4) is 11.3 Å². The standard InChI is InChI=1S/C27H23N5O3/c33-24-15-35-11-7-23(24)32-16-31-26-21(27(32)34)13-19(20-2-1-8-30-25(20)26)12-17-3-5-18(6-4-17)22-14-28-9-10-29-22/h1-6,8-10,13-14,16,23-24,33H,7,11-12,15H2/t23-,24-/m0/s1. The van der Waals surface area contributed by atoms with Crippen LogP contribution >= 0.6 is 0 Å². The molecule has 5 aromatic rings. The largest absolute Gasteiger partial charge is 0.389 e. The van der Waals surface area contributed by atoms with E-state index in [0.717, 1.165) is 27.8 Å². The molecule has 1 aliphatic heterocycles. The first-order chi connectivity index (χ1) is 17.2. The molecule has 1 N–H and O–H groups in total. The van der Waals surface area contributed by atoms with E-state index in [4.69, 9.17) is 4.74 Å². The molecule has 0 bridgehead atoms. The second-order valence-electron chi connectivity index (χ2n) is 8.75. The van der Waals surface area contributed by atoms with Crippen LogP contribution in [0.15, 0.2) is 78.4 Å². The highest BCUT2D eigenvalue weighted by molar-refractivity contribution is 6.04. The molecule has 0 amide bonds. The number of aliphatic hydroxyl groups is 1. The third-order valence-electron chi connectivity index (χ3n) is 6.58. The predicted octanol–water partition coefficient (Wildman–Crippen LogP) is 3.31. The third kappa shape index (κ3) is 3.96. The fourth-order valence-corrected chi connectivity index (χ4v) is 4.79. The van der Waals surface area contributed by atoms with Crippen molar-refractivity contribution in [3.63, 3.8) is 0 Å². The van der Waals surface area contributed by atoms with Gasteiger partial charge in [0.2, 0.25) is 0 Å². The lowest BCUT2D eigenvalue weighted by Crippen LogP contribution is -2.39. The van der Waals surface area contributed by atoms with Gasteiger partial charge in [0, 0.05) is 36.1 Å². The fraction of sp³-hybridized carbons (Fsp3) is 0.222. The summed E-state index contributed by atoms with van der Waals surface area (Å²) >= 11 is 0. The molecular weight excluding hydrogens is 442 g/mol. The smallest absolute Gasteiger partial charge is 0.261 e. The highest BCUT2D eigenvalue weighted by Gasteiger charge is 2.27. The number of aliphatic hydroxyl groups excluding tert-OH is 1. The summed E-state index contributed by atoms with van der Waals surface area (Å²) in [5.41, 5.74) is 5.02. The first-order valence-electron chi connectivity index (χ1n) is 11.6. The van der Waals surface area contributed by atoms with E-state index in [2.05, 4.69) is 32.1 Å². The normalized spacial score (nSPS) is 18.2. The lowest BCUT2D eigenvalue weighted by molar-refractivity contribution is -0.0395. The van der Waals surface area contributed by atoms with Crippen molar-refractivity contribution in [1.29, 1.82) is 0 Å². The molecule has 6 rings (SSSR count). The first-order valence-corrected chi connectivity index (χ1v) is 11.6. The highest BCUT2D eigenvalue weighted by atomic mass is 16.5. The molecule has 2 aromatic carbocycles. The van der Waals surface area contributed by atoms with Gasteiger partial charge in [-0.3, -0.25) is 24.3 Å². The molecule has 8 nitrogen and oxygen atoms in total. The maximum absolute atomic E-state index is 13.6. The Morgan fingerprint density at radius 1 is 1.00 bits per heavy atom. The Hall–Kier alpha value is -4.01. The van der Waals surface area contributed by atoms with Crippen molar-refractivity contribution >= 4 is 21.8 Å². The molecule has 174 valence electrons. The molecule has 0 aliphatic carbocycles. The van der Waals surface area contributed by atoms with Crippen molar-refractivity contribution in [3.05, 3.63) is 95.1 Å². The Labute approximate surface area is 200 Å². The van der Waals surface area contributed by atoms with Crippen LogP contribution in [0, 0.1) is 0 Å². The predicted molar refractivity (Wildman–Crippen MR) is 132 cm³/mol. The number of hydrogen-bond donors (Lipinski definition) is 1. The second-order valence-corrected chi connectivity index (χ2v) is 8.75. The number of aromatic nitrogens is 5. The first kappa shape index (κ1) is 21.5. The van der Waals surface area contributed by atoms with Crippen LogP contribution in [0.5, 0.6) is 0 Å². The molecular formula is C27H23N5O3. The van der Waals surface area contributed by atoms with E-state index in [0.29, 0.717) is 35.9 Å². The van der Waals surface area contributed by atoms with Gasteiger partial charge < -0.3 is 9.84 Å². The van der Waals surface area contributed by atoms with E-state index >= 15 is 0 Å². The highest BCUT2D eigenvalue weighted by Crippen LogP contribution is 2.28. The van der Waals surface area contributed by atoms with Crippen LogP contribution in [-0.2, 0) is 11.2 Å². The molecule has 0 spiro atoms. The lowest BCUT2D eigenvalue weighted by Gasteiger charge is -2.29. The molecule has 1 fully saturated rings. The van der Waals surface area contributed by atoms with E-state index in [-0.39, 0.29) is 18.2 Å². The lowest BCUT2D eigenvalue weighted by atomic mass is 9.97. The maximum atomic E-state index is 13.6. The summed E-state index contributed by atoms with van der Waals surface area (Å²) in [4.78, 5) is 31.2. The molecule has 4 heterocycles. The minimum Gasteiger partial charge on any atom is -0.389 e. The fourth-order valence-electron chi connectivity index (χ4n) is 4.79. The monoisotopic (exact) mass is 465 g/mol. The summed E-state index contributed by atoms with van der Waals surface area (Å²) in [5, 5.41) is 11.9. The number of ether oxygens (including phenoxy) is 1. The average molecular weight is 466 g/mol. The summed E-state index contributed by atoms with van der Waals surface area (Å²) in [6.45, 7) is 0.714. The van der Waals surface area contributed by atoms with Crippen molar-refractivity contribution in [2.75, 3.05) is 13.2 Å². The van der Waals surface area contributed by atoms with Crippen LogP contribution in [0.1, 0.15) is 23.6 Å². The third-order valence-corrected chi connectivity index (χ3v) is 6.58. The Balaban J connectivity index is 1.44. The van der Waals surface area contributed by atoms with Crippen LogP contribution < -0.4 is 5.56 Å². The van der Waals surface area contributed by atoms with Crippen LogP contribution in [0.25, 0.3) is 33.1 Å². The topological polar surface area (TPSA) is 103 Å². The molecule has 2 atom stereocenters. The number of rotatable bonds is 4. The van der Waals surface area contributed by atoms with Gasteiger partial charge in [-0.2, -0.15) is 0 Å². The quantitative estimate of drug-likeness (QED) is 0.406. The SMILES string of the molecule is O=c1c2cc(Cc3ccc(-c4cnccn4)cc3)c3cccnc3c2ncn1[C@H]1CCOC[C@@H]1O. The zero-order valence-corrected chi connectivity index (χ0v) is 18.9. The second kappa shape index (κ2) is 8.98. The number of hydrogen-bond acceptors (Lipinski definition) is 7. The Bertz CT molecular complexity index is 1570. The van der Waals surface area contributed by atoms with Crippen LogP contribution in [0.2, 0.25) is 0 Å². The van der Waals surface area contributed by atoms with Gasteiger partial charge in [-0.15, -0.1) is 0 Å². The molecule has 3 aromatic heterocycles. The number of nitrogens with zero attached hydrogens (tertiary/aromatic N) is 5. The van der Waals surface area contributed by atoms with E-state index in [9.17, 15) is 9.90 Å². The molecule has 0 saturated carbocycles. The summed E-state index contributed by atoms with van der Waals surface area (Å²) < 4.78 is 6.88. The van der Waals surface area contributed by atoms with Gasteiger partial charge in [-0.25, -0.2) is 4.98 Å². The van der Waals surface area contributed by atoms with Gasteiger partial charge in [0.1, 0.15) is 5.52 Å². The van der Waals surface area contributed by atoms with E-state index in [1.165, 1.54) is 6.33 Å². The summed E-state index contributed by atoms with van der Waals surface area (Å²) in [6.07, 6.45) is 8.77. The number of pyridine rings is 1. The van der Waals surface area contributed by atoms with Gasteiger partial charge in [0.25, 0.3) is 5.56 Å². The van der Waals surface area contributed by atoms with Crippen LogP contribution in [0.4, 0.5) is 0 Å². The molecule has 0 radical (unpaired) electrons. The minimum absolute atomic E-state index is 0.173. The number of benzene rings is 2. The van der Waals surface area contributed by atoms with Gasteiger partial charge in [0.15, 0.2) is 0 Å². The van der Waals surface area contributed by atoms with Gasteiger partial charge in [-0.1, -0.05) is 30.3 Å². The van der Waals surface area contributed by atoms with E-state index < -0.39 is 6.10 Å². The molecule has 0 unspecified atom stereocenters. The van der Waals surface area contributed by atoms with Crippen molar-refractivity contribution in [2.45, 2.75) is 25.0 Å². The Kier molecular flexibility index (Phi) is 5.52. The average Bonchev–Trinajstić information content (AvgIpc) is 2.91. The summed E-state index contributed by atoms with van der Waals surface area (Å²) in [5.74, 6) is 0. The van der Waals surface area contributed by atoms with Crippen LogP contribution in [0.3, 0.4) is 0 Å². The van der Waals surface area contributed by atoms with Gasteiger partial charge in [-0.05, 0) is 36.1 Å². The Morgan fingerprint density at radius 3 is 2.66 bits per heavy atom. The molecule has 35 heavy (non-hydrogen) atoms. The van der Waals surface area contributed by atoms with Crippen molar-refractivity contribution in [2.24, 2.45) is 0 Å². The van der Waals surface area contributed by atoms with Crippen molar-refractivity contribution < 1.29 is 9.84 Å². The van der Waals surface area contributed by atoms with Crippen LogP contribution in [-0.4, -0.2) is 48.9 Å². The van der Waals surface area contributed by atoms with Gasteiger partial charge >= 0.3 is 0 Å². The van der Waals surface area contributed by atoms with E-state index in [1.54, 1.807) is 29.4 Å².